The van der Waals surface area contributed by atoms with Crippen molar-refractivity contribution in [1.82, 2.24) is 24.6 Å². The number of fused-ring (bicyclic) bond motifs is 1. The first-order valence-corrected chi connectivity index (χ1v) is 9.13. The molecule has 1 unspecified atom stereocenters. The molecule has 1 atom stereocenters. The topological polar surface area (TPSA) is 88.4 Å². The van der Waals surface area contributed by atoms with E-state index >= 15 is 0 Å². The molecule has 0 fully saturated rings. The maximum Gasteiger partial charge on any atom is 0.262 e. The van der Waals surface area contributed by atoms with Gasteiger partial charge in [-0.3, -0.25) is 19.3 Å². The first-order chi connectivity index (χ1) is 14.0. The molecule has 4 rings (SSSR count). The minimum atomic E-state index is -0.433. The smallest absolute Gasteiger partial charge is 0.262 e. The quantitative estimate of drug-likeness (QED) is 0.624. The number of rotatable bonds is 5. The van der Waals surface area contributed by atoms with Gasteiger partial charge in [0.05, 0.1) is 22.9 Å². The zero-order valence-electron chi connectivity index (χ0n) is 16.0. The van der Waals surface area contributed by atoms with Gasteiger partial charge in [-0.05, 0) is 36.8 Å². The number of amides is 3. The number of hydrogen-bond donors (Lipinski definition) is 0. The van der Waals surface area contributed by atoms with Gasteiger partial charge >= 0.3 is 0 Å². The van der Waals surface area contributed by atoms with Crippen molar-refractivity contribution in [2.24, 2.45) is 0 Å². The molecule has 0 bridgehead atoms. The molecule has 1 aromatic heterocycles. The van der Waals surface area contributed by atoms with E-state index in [9.17, 15) is 14.4 Å². The molecule has 1 aliphatic heterocycles. The third-order valence-corrected chi connectivity index (χ3v) is 5.20. The number of carbonyl (C=O) groups is 3. The molecule has 29 heavy (non-hydrogen) atoms. The Morgan fingerprint density at radius 3 is 2.21 bits per heavy atom. The fraction of sp³-hybridized carbons (Fsp3) is 0.190. The molecule has 3 amide bonds. The van der Waals surface area contributed by atoms with Gasteiger partial charge in [0.2, 0.25) is 5.91 Å². The summed E-state index contributed by atoms with van der Waals surface area (Å²) in [5.74, 6) is -1.18. The number of benzene rings is 2. The average Bonchev–Trinajstić information content (AvgIpc) is 3.37. The molecule has 2 heterocycles. The van der Waals surface area contributed by atoms with E-state index in [4.69, 9.17) is 0 Å². The maximum absolute atomic E-state index is 12.8. The first-order valence-electron chi connectivity index (χ1n) is 9.13. The van der Waals surface area contributed by atoms with E-state index in [1.165, 1.54) is 11.2 Å². The lowest BCUT2D eigenvalue weighted by atomic mass is 10.1. The van der Waals surface area contributed by atoms with Crippen LogP contribution in [-0.4, -0.2) is 55.9 Å². The van der Waals surface area contributed by atoms with Gasteiger partial charge in [-0.1, -0.05) is 24.3 Å². The van der Waals surface area contributed by atoms with Crippen molar-refractivity contribution >= 4 is 17.7 Å². The summed E-state index contributed by atoms with van der Waals surface area (Å²) in [4.78, 5) is 44.2. The Balaban J connectivity index is 1.45. The number of aromatic nitrogens is 3. The highest BCUT2D eigenvalue weighted by atomic mass is 16.2. The van der Waals surface area contributed by atoms with E-state index in [0.717, 1.165) is 16.2 Å². The van der Waals surface area contributed by atoms with Crippen molar-refractivity contribution in [3.8, 4) is 5.69 Å². The number of imide groups is 1. The zero-order valence-corrected chi connectivity index (χ0v) is 16.0. The Labute approximate surface area is 167 Å². The Morgan fingerprint density at radius 1 is 1.03 bits per heavy atom. The van der Waals surface area contributed by atoms with Gasteiger partial charge in [-0.15, -0.1) is 0 Å². The summed E-state index contributed by atoms with van der Waals surface area (Å²) in [6.45, 7) is 1.61. The van der Waals surface area contributed by atoms with Gasteiger partial charge < -0.3 is 4.90 Å². The summed E-state index contributed by atoms with van der Waals surface area (Å²) >= 11 is 0. The minimum Gasteiger partial charge on any atom is -0.337 e. The Kier molecular flexibility index (Phi) is 4.67. The van der Waals surface area contributed by atoms with Gasteiger partial charge in [-0.2, -0.15) is 5.10 Å². The lowest BCUT2D eigenvalue weighted by Gasteiger charge is -2.27. The van der Waals surface area contributed by atoms with Crippen molar-refractivity contribution < 1.29 is 14.4 Å². The number of likely N-dealkylation sites (N-methyl/N-ethyl adjacent to an activating group) is 1. The predicted octanol–water partition coefficient (Wildman–Crippen LogP) is 2.08. The molecule has 3 aromatic rings. The van der Waals surface area contributed by atoms with Crippen LogP contribution in [0.4, 0.5) is 0 Å². The highest BCUT2D eigenvalue weighted by molar-refractivity contribution is 6.22. The Hall–Kier alpha value is -3.81. The summed E-state index contributed by atoms with van der Waals surface area (Å²) in [6, 6.07) is 14.0. The second kappa shape index (κ2) is 7.31. The third-order valence-electron chi connectivity index (χ3n) is 5.20. The van der Waals surface area contributed by atoms with Gasteiger partial charge in [0.15, 0.2) is 0 Å². The molecule has 0 radical (unpaired) electrons. The van der Waals surface area contributed by atoms with Crippen LogP contribution < -0.4 is 0 Å². The highest BCUT2D eigenvalue weighted by Gasteiger charge is 2.37. The zero-order chi connectivity index (χ0) is 20.5. The summed E-state index contributed by atoms with van der Waals surface area (Å²) in [7, 11) is 1.66. The maximum atomic E-state index is 12.8. The van der Waals surface area contributed by atoms with Crippen LogP contribution in [0.15, 0.2) is 61.2 Å². The Morgan fingerprint density at radius 2 is 1.66 bits per heavy atom. The van der Waals surface area contributed by atoms with Crippen LogP contribution >= 0.6 is 0 Å². The van der Waals surface area contributed by atoms with E-state index in [0.29, 0.717) is 11.1 Å². The van der Waals surface area contributed by atoms with Crippen molar-refractivity contribution in [3.63, 3.8) is 0 Å². The van der Waals surface area contributed by atoms with Gasteiger partial charge in [0.1, 0.15) is 19.2 Å². The van der Waals surface area contributed by atoms with E-state index in [2.05, 4.69) is 10.1 Å². The van der Waals surface area contributed by atoms with Crippen molar-refractivity contribution in [1.29, 1.82) is 0 Å². The molecule has 0 aliphatic carbocycles. The molecule has 8 heteroatoms. The second-order valence-corrected chi connectivity index (χ2v) is 6.85. The summed E-state index contributed by atoms with van der Waals surface area (Å²) in [6.07, 6.45) is 3.07. The van der Waals surface area contributed by atoms with Gasteiger partial charge in [0.25, 0.3) is 11.8 Å². The van der Waals surface area contributed by atoms with Crippen molar-refractivity contribution in [2.45, 2.75) is 13.0 Å². The van der Waals surface area contributed by atoms with Crippen LogP contribution in [-0.2, 0) is 4.79 Å². The normalized spacial score (nSPS) is 14.1. The van der Waals surface area contributed by atoms with Crippen LogP contribution in [0.5, 0.6) is 0 Å². The third kappa shape index (κ3) is 3.29. The Bertz CT molecular complexity index is 1040. The standard InChI is InChI=1S/C21H19N5O3/c1-14(15-7-9-16(10-8-15)26-13-22-12-23-26)24(2)19(27)11-25-20(28)17-5-3-4-6-18(17)21(25)29/h3-10,12-14H,11H2,1-2H3. The molecular weight excluding hydrogens is 370 g/mol. The lowest BCUT2D eigenvalue weighted by Crippen LogP contribution is -2.42. The SMILES string of the molecule is CC(c1ccc(-n2cncn2)cc1)N(C)C(=O)CN1C(=O)c2ccccc2C1=O. The van der Waals surface area contributed by atoms with Crippen molar-refractivity contribution in [2.75, 3.05) is 13.6 Å². The first kappa shape index (κ1) is 18.5. The predicted molar refractivity (Wildman–Crippen MR) is 104 cm³/mol. The van der Waals surface area contributed by atoms with Crippen LogP contribution in [0.3, 0.4) is 0 Å². The number of hydrogen-bond acceptors (Lipinski definition) is 5. The van der Waals surface area contributed by atoms with E-state index < -0.39 is 11.8 Å². The molecule has 0 N–H and O–H groups in total. The van der Waals surface area contributed by atoms with E-state index in [1.54, 1.807) is 42.3 Å². The largest absolute Gasteiger partial charge is 0.337 e. The van der Waals surface area contributed by atoms with Gasteiger partial charge in [0, 0.05) is 7.05 Å². The molecule has 0 saturated heterocycles. The second-order valence-electron chi connectivity index (χ2n) is 6.85. The number of nitrogens with zero attached hydrogens (tertiary/aromatic N) is 5. The van der Waals surface area contributed by atoms with Crippen LogP contribution in [0.2, 0.25) is 0 Å². The fourth-order valence-corrected chi connectivity index (χ4v) is 3.32. The van der Waals surface area contributed by atoms with E-state index in [1.807, 2.05) is 31.2 Å². The molecular formula is C21H19N5O3. The summed E-state index contributed by atoms with van der Waals surface area (Å²) in [5, 5.41) is 4.08. The fourth-order valence-electron chi connectivity index (χ4n) is 3.32. The monoisotopic (exact) mass is 389 g/mol. The van der Waals surface area contributed by atoms with Crippen LogP contribution in [0.25, 0.3) is 5.69 Å². The molecule has 146 valence electrons. The molecule has 8 nitrogen and oxygen atoms in total. The summed E-state index contributed by atoms with van der Waals surface area (Å²) < 4.78 is 1.64. The lowest BCUT2D eigenvalue weighted by molar-refractivity contribution is -0.132. The average molecular weight is 389 g/mol. The summed E-state index contributed by atoms with van der Waals surface area (Å²) in [5.41, 5.74) is 2.46. The minimum absolute atomic E-state index is 0.234. The molecule has 2 aromatic carbocycles. The number of carbonyl (C=O) groups excluding carboxylic acids is 3. The van der Waals surface area contributed by atoms with Crippen molar-refractivity contribution in [3.05, 3.63) is 77.9 Å². The van der Waals surface area contributed by atoms with E-state index in [-0.39, 0.29) is 18.5 Å². The van der Waals surface area contributed by atoms with Crippen LogP contribution in [0, 0.1) is 0 Å². The molecule has 1 aliphatic rings. The molecule has 0 spiro atoms. The molecule has 0 saturated carbocycles. The van der Waals surface area contributed by atoms with Crippen LogP contribution in [0.1, 0.15) is 39.2 Å². The highest BCUT2D eigenvalue weighted by Crippen LogP contribution is 2.24. The van der Waals surface area contributed by atoms with Gasteiger partial charge in [-0.25, -0.2) is 9.67 Å².